The van der Waals surface area contributed by atoms with Crippen molar-refractivity contribution in [2.24, 2.45) is 0 Å². The molecule has 1 aliphatic rings. The van der Waals surface area contributed by atoms with Gasteiger partial charge >= 0.3 is 13.6 Å². The molecule has 1 aromatic carbocycles. The van der Waals surface area contributed by atoms with Crippen molar-refractivity contribution in [3.63, 3.8) is 0 Å². The van der Waals surface area contributed by atoms with E-state index in [1.165, 1.54) is 19.6 Å². The van der Waals surface area contributed by atoms with Gasteiger partial charge in [0.2, 0.25) is 7.37 Å². The zero-order valence-electron chi connectivity index (χ0n) is 25.9. The van der Waals surface area contributed by atoms with Crippen molar-refractivity contribution in [3.05, 3.63) is 34.9 Å². The van der Waals surface area contributed by atoms with Crippen LogP contribution in [0.3, 0.4) is 0 Å². The first kappa shape index (κ1) is 35.3. The molecular weight excluding hydrogens is 562 g/mol. The molecule has 3 unspecified atom stereocenters. The number of hydrogen-bond donors (Lipinski definition) is 0. The summed E-state index contributed by atoms with van der Waals surface area (Å²) in [6.45, 7) is 9.41. The summed E-state index contributed by atoms with van der Waals surface area (Å²) in [6.07, 6.45) is 10.4. The van der Waals surface area contributed by atoms with Crippen LogP contribution in [0.5, 0.6) is 11.5 Å². The summed E-state index contributed by atoms with van der Waals surface area (Å²) in [6, 6.07) is 3.87. The van der Waals surface area contributed by atoms with Crippen LogP contribution in [-0.4, -0.2) is 44.5 Å². The predicted octanol–water partition coefficient (Wildman–Crippen LogP) is 8.85. The zero-order chi connectivity index (χ0) is 30.5. The minimum atomic E-state index is -3.63. The fraction of sp³-hybridized carbons (Fsp3) is 0.677. The van der Waals surface area contributed by atoms with Crippen molar-refractivity contribution in [1.29, 1.82) is 0 Å². The Labute approximate surface area is 246 Å². The average molecular weight is 613 g/mol. The van der Waals surface area contributed by atoms with E-state index in [4.69, 9.17) is 18.3 Å². The first-order valence-electron chi connectivity index (χ1n) is 15.0. The van der Waals surface area contributed by atoms with E-state index in [0.29, 0.717) is 37.4 Å². The van der Waals surface area contributed by atoms with Gasteiger partial charge in [-0.15, -0.1) is 0 Å². The van der Waals surface area contributed by atoms with E-state index in [1.807, 2.05) is 12.1 Å². The molecule has 2 rings (SSSR count). The normalized spacial score (nSPS) is 18.1. The molecule has 0 radical (unpaired) electrons. The fourth-order valence-electron chi connectivity index (χ4n) is 5.08. The number of ether oxygens (including phenoxy) is 1. The van der Waals surface area contributed by atoms with Gasteiger partial charge in [0.15, 0.2) is 0 Å². The van der Waals surface area contributed by atoms with Gasteiger partial charge in [-0.25, -0.2) is 4.57 Å². The molecule has 1 aliphatic carbocycles. The maximum Gasteiger partial charge on any atom is 0.378 e. The summed E-state index contributed by atoms with van der Waals surface area (Å²) in [5.74, 6) is 0.527. The van der Waals surface area contributed by atoms with E-state index in [2.05, 4.69) is 19.9 Å². The Bertz CT molecular complexity index is 1140. The van der Waals surface area contributed by atoms with Crippen molar-refractivity contribution >= 4 is 26.7 Å². The Balaban J connectivity index is 2.54. The van der Waals surface area contributed by atoms with Crippen LogP contribution in [0.2, 0.25) is 0 Å². The lowest BCUT2D eigenvalue weighted by Crippen LogP contribution is -2.11. The molecule has 3 atom stereocenters. The van der Waals surface area contributed by atoms with Crippen LogP contribution in [0.25, 0.3) is 0 Å². The predicted molar refractivity (Wildman–Crippen MR) is 165 cm³/mol. The lowest BCUT2D eigenvalue weighted by Gasteiger charge is -2.28. The molecular formula is C31H50O8P2. The quantitative estimate of drug-likeness (QED) is 0.0660. The highest BCUT2D eigenvalue weighted by atomic mass is 31.2. The first-order chi connectivity index (χ1) is 19.4. The number of hydrogen-bond acceptors (Lipinski definition) is 8. The van der Waals surface area contributed by atoms with Gasteiger partial charge in [-0.3, -0.25) is 9.36 Å². The number of rotatable bonds is 19. The van der Waals surface area contributed by atoms with Gasteiger partial charge in [0.1, 0.15) is 17.3 Å². The molecule has 0 aliphatic heterocycles. The highest BCUT2D eigenvalue weighted by molar-refractivity contribution is 7.58. The van der Waals surface area contributed by atoms with Crippen molar-refractivity contribution in [2.75, 3.05) is 32.7 Å². The van der Waals surface area contributed by atoms with E-state index in [9.17, 15) is 18.7 Å². The standard InChI is InChI=1S/C31H50O8P2/c1-7-9-10-16-26-22-28(38-40(6,34)19-12-15-25(4)32)31(27-17-11-14-24(3)21-27)29(23-26)39-41(35,36-5)20-13-18-30(33)37-8-2/h21-23,27H,7-20H2,1-6H3. The Kier molecular flexibility index (Phi) is 14.9. The van der Waals surface area contributed by atoms with E-state index < -0.39 is 15.0 Å². The molecule has 0 amide bonds. The first-order valence-corrected chi connectivity index (χ1v) is 19.0. The van der Waals surface area contributed by atoms with Crippen molar-refractivity contribution in [2.45, 2.75) is 104 Å². The van der Waals surface area contributed by atoms with Crippen LogP contribution in [0.1, 0.15) is 109 Å². The number of ketones is 1. The topological polar surface area (TPSA) is 105 Å². The van der Waals surface area contributed by atoms with E-state index in [-0.39, 0.29) is 36.4 Å². The third-order valence-electron chi connectivity index (χ3n) is 7.19. The molecule has 10 heteroatoms. The minimum absolute atomic E-state index is 0.0505. The molecule has 0 aromatic heterocycles. The molecule has 0 saturated carbocycles. The smallest absolute Gasteiger partial charge is 0.378 e. The average Bonchev–Trinajstić information content (AvgIpc) is 2.88. The minimum Gasteiger partial charge on any atom is -0.466 e. The number of benzene rings is 1. The lowest BCUT2D eigenvalue weighted by atomic mass is 9.84. The summed E-state index contributed by atoms with van der Waals surface area (Å²) in [5, 5.41) is 0. The lowest BCUT2D eigenvalue weighted by molar-refractivity contribution is -0.143. The summed E-state index contributed by atoms with van der Waals surface area (Å²) < 4.78 is 50.5. The van der Waals surface area contributed by atoms with E-state index in [1.54, 1.807) is 13.6 Å². The summed E-state index contributed by atoms with van der Waals surface area (Å²) in [4.78, 5) is 23.3. The Morgan fingerprint density at radius 2 is 1.66 bits per heavy atom. The van der Waals surface area contributed by atoms with Gasteiger partial charge in [0.05, 0.1) is 12.8 Å². The third-order valence-corrected chi connectivity index (χ3v) is 10.8. The Hall–Kier alpha value is -1.88. The highest BCUT2D eigenvalue weighted by Crippen LogP contribution is 2.55. The van der Waals surface area contributed by atoms with Crippen LogP contribution in [0.4, 0.5) is 0 Å². The second kappa shape index (κ2) is 17.3. The number of esters is 1. The van der Waals surface area contributed by atoms with Gasteiger partial charge < -0.3 is 23.1 Å². The number of allylic oxidation sites excluding steroid dienone is 2. The summed E-state index contributed by atoms with van der Waals surface area (Å²) >= 11 is 0. The molecule has 0 saturated heterocycles. The molecule has 0 heterocycles. The Morgan fingerprint density at radius 1 is 0.976 bits per heavy atom. The van der Waals surface area contributed by atoms with Crippen LogP contribution in [0, 0.1) is 0 Å². The number of Topliss-reactive ketones (excluding diaryl/α,β-unsaturated/α-hetero) is 1. The van der Waals surface area contributed by atoms with Crippen molar-refractivity contribution in [3.8, 4) is 11.5 Å². The van der Waals surface area contributed by atoms with Gasteiger partial charge in [0, 0.05) is 44.3 Å². The second-order valence-electron chi connectivity index (χ2n) is 11.1. The molecule has 0 spiro atoms. The number of aryl methyl sites for hydroxylation is 1. The monoisotopic (exact) mass is 612 g/mol. The van der Waals surface area contributed by atoms with Crippen molar-refractivity contribution < 1.29 is 37.0 Å². The molecule has 41 heavy (non-hydrogen) atoms. The maximum absolute atomic E-state index is 13.8. The highest BCUT2D eigenvalue weighted by Gasteiger charge is 2.32. The van der Waals surface area contributed by atoms with E-state index in [0.717, 1.165) is 56.1 Å². The summed E-state index contributed by atoms with van der Waals surface area (Å²) in [5.41, 5.74) is 2.91. The second-order valence-corrected chi connectivity index (χ2v) is 16.0. The van der Waals surface area contributed by atoms with Crippen LogP contribution >= 0.6 is 15.0 Å². The van der Waals surface area contributed by atoms with Crippen molar-refractivity contribution in [1.82, 2.24) is 0 Å². The third kappa shape index (κ3) is 12.5. The molecule has 232 valence electrons. The molecule has 1 aromatic rings. The maximum atomic E-state index is 13.8. The number of carbonyl (C=O) groups is 2. The van der Waals surface area contributed by atoms with Gasteiger partial charge in [0.25, 0.3) is 0 Å². The molecule has 0 fully saturated rings. The summed E-state index contributed by atoms with van der Waals surface area (Å²) in [7, 11) is -5.39. The van der Waals surface area contributed by atoms with Crippen LogP contribution in [-0.2, 0) is 34.4 Å². The van der Waals surface area contributed by atoms with E-state index >= 15 is 0 Å². The SMILES string of the molecule is CCCCCc1cc(OP(C)(=O)CCCC(C)=O)c(C2C=C(C)CCC2)c(OP(=O)(CCCC(=O)OCC)OC)c1. The molecule has 0 N–H and O–H groups in total. The number of carbonyl (C=O) groups excluding carboxylic acids is 2. The fourth-order valence-corrected chi connectivity index (χ4v) is 7.81. The zero-order valence-corrected chi connectivity index (χ0v) is 27.7. The van der Waals surface area contributed by atoms with Gasteiger partial charge in [-0.1, -0.05) is 31.4 Å². The van der Waals surface area contributed by atoms with Gasteiger partial charge in [-0.2, -0.15) is 0 Å². The Morgan fingerprint density at radius 3 is 2.27 bits per heavy atom. The van der Waals surface area contributed by atoms with Crippen LogP contribution < -0.4 is 9.05 Å². The van der Waals surface area contributed by atoms with Gasteiger partial charge in [-0.05, 0) is 83.4 Å². The largest absolute Gasteiger partial charge is 0.466 e. The number of unbranched alkanes of at least 4 members (excludes halogenated alkanes) is 2. The van der Waals surface area contributed by atoms with Crippen LogP contribution in [0.15, 0.2) is 23.8 Å². The molecule has 0 bridgehead atoms. The molecule has 8 nitrogen and oxygen atoms in total.